The van der Waals surface area contributed by atoms with E-state index in [0.29, 0.717) is 51.4 Å². The van der Waals surface area contributed by atoms with Crippen molar-refractivity contribution < 1.29 is 54.8 Å². The van der Waals surface area contributed by atoms with E-state index in [-0.39, 0.29) is 38.6 Å². The molecule has 0 fully saturated rings. The van der Waals surface area contributed by atoms with E-state index in [1.54, 1.807) is 0 Å². The number of hydrogen-bond acceptors (Lipinski definition) is 12. The minimum absolute atomic E-state index is 0.0612. The number of aliphatic hydroxyl groups excluding tert-OH is 2. The van der Waals surface area contributed by atoms with Crippen molar-refractivity contribution in [1.29, 1.82) is 0 Å². The Morgan fingerprint density at radius 1 is 0.518 bits per heavy atom. The van der Waals surface area contributed by atoms with Crippen LogP contribution in [0, 0.1) is 0 Å². The van der Waals surface area contributed by atoms with Crippen LogP contribution in [0.1, 0.15) is 220 Å². The molecule has 0 heterocycles. The molecule has 0 saturated carbocycles. The first-order valence-corrected chi connectivity index (χ1v) is 22.9. The zero-order chi connectivity index (χ0) is 41.9. The van der Waals surface area contributed by atoms with Gasteiger partial charge >= 0.3 is 11.9 Å². The summed E-state index contributed by atoms with van der Waals surface area (Å²) >= 11 is 0. The van der Waals surface area contributed by atoms with E-state index in [4.69, 9.17) is 9.47 Å². The minimum atomic E-state index is -2.90. The lowest BCUT2D eigenvalue weighted by atomic mass is 10.0. The number of unbranched alkanes of at least 4 members (excludes halogenated alkanes) is 22. The molecule has 0 amide bonds. The molecule has 0 spiro atoms. The highest BCUT2D eigenvalue weighted by Crippen LogP contribution is 2.22. The van der Waals surface area contributed by atoms with Gasteiger partial charge in [-0.3, -0.25) is 0 Å². The normalized spacial score (nSPS) is 12.9. The Morgan fingerprint density at radius 2 is 0.911 bits per heavy atom. The molecule has 0 saturated heterocycles. The molecule has 0 aromatic carbocycles. The van der Waals surface area contributed by atoms with Gasteiger partial charge in [-0.25, -0.2) is 14.5 Å². The van der Waals surface area contributed by atoms with Crippen LogP contribution in [0.5, 0.6) is 0 Å². The fourth-order valence-electron chi connectivity index (χ4n) is 6.99. The predicted octanol–water partition coefficient (Wildman–Crippen LogP) is 7.89. The summed E-state index contributed by atoms with van der Waals surface area (Å²) < 4.78 is 10.9. The molecule has 0 aromatic rings. The molecule has 0 aromatic heterocycles. The van der Waals surface area contributed by atoms with Crippen LogP contribution in [-0.2, 0) is 19.1 Å². The summed E-state index contributed by atoms with van der Waals surface area (Å²) in [6.45, 7) is 6.99. The van der Waals surface area contributed by atoms with Crippen LogP contribution in [0.3, 0.4) is 0 Å². The molecule has 0 radical (unpaired) electrons. The van der Waals surface area contributed by atoms with Gasteiger partial charge in [-0.15, -0.1) is 0 Å². The highest BCUT2D eigenvalue weighted by atomic mass is 16.6. The van der Waals surface area contributed by atoms with Crippen LogP contribution >= 0.6 is 0 Å². The number of carbonyl (C=O) groups is 2. The van der Waals surface area contributed by atoms with Gasteiger partial charge in [0.25, 0.3) is 11.7 Å². The van der Waals surface area contributed by atoms with Gasteiger partial charge in [0.15, 0.2) is 6.10 Å². The monoisotopic (exact) mass is 806 g/mol. The molecule has 56 heavy (non-hydrogen) atoms. The van der Waals surface area contributed by atoms with Gasteiger partial charge in [-0.2, -0.15) is 0 Å². The topological polar surface area (TPSA) is 197 Å². The molecule has 0 aliphatic rings. The first-order chi connectivity index (χ1) is 26.8. The average Bonchev–Trinajstić information content (AvgIpc) is 3.16. The smallest absolute Gasteiger partial charge is 0.366 e. The van der Waals surface area contributed by atoms with Crippen molar-refractivity contribution in [3.8, 4) is 0 Å². The molecule has 0 bridgehead atoms. The van der Waals surface area contributed by atoms with Crippen molar-refractivity contribution in [2.75, 3.05) is 19.7 Å². The third-order valence-electron chi connectivity index (χ3n) is 10.8. The Labute approximate surface area is 340 Å². The van der Waals surface area contributed by atoms with Crippen LogP contribution in [0.2, 0.25) is 0 Å². The highest BCUT2D eigenvalue weighted by molar-refractivity contribution is 5.77. The fourth-order valence-corrected chi connectivity index (χ4v) is 6.99. The van der Waals surface area contributed by atoms with Crippen LogP contribution in [-0.4, -0.2) is 102 Å². The van der Waals surface area contributed by atoms with E-state index in [2.05, 4.69) is 20.8 Å². The molecule has 12 heteroatoms. The second-order valence-corrected chi connectivity index (χ2v) is 16.2. The Kier molecular flexibility index (Phi) is 34.7. The van der Waals surface area contributed by atoms with Crippen molar-refractivity contribution in [1.82, 2.24) is 4.90 Å². The van der Waals surface area contributed by atoms with Crippen molar-refractivity contribution in [3.05, 3.63) is 0 Å². The first kappa shape index (κ1) is 54.6. The Morgan fingerprint density at radius 3 is 1.39 bits per heavy atom. The van der Waals surface area contributed by atoms with E-state index < -0.39 is 36.0 Å². The number of hydrogen-bond donors (Lipinski definition) is 7. The molecular formula is C44H87NO11. The maximum atomic E-state index is 12.9. The quantitative estimate of drug-likeness (QED) is 0.0180. The van der Waals surface area contributed by atoms with Gasteiger partial charge in [-0.05, 0) is 64.2 Å². The minimum Gasteiger partial charge on any atom is -0.464 e. The summed E-state index contributed by atoms with van der Waals surface area (Å²) in [6, 6.07) is 0. The molecule has 0 aliphatic heterocycles. The Balaban J connectivity index is 4.60. The summed E-state index contributed by atoms with van der Waals surface area (Å²) in [5, 5.41) is 71.3. The SMILES string of the molecule is CCCCCCCCCCCOC(=O)C(O)CCCCN(CCCCCCC(O)(O)C(=O)OC(CCCCCCCC)CCCCCCCC)C(O)(O)C(O)O. The van der Waals surface area contributed by atoms with E-state index in [0.717, 1.165) is 62.7 Å². The lowest BCUT2D eigenvalue weighted by molar-refractivity contribution is -0.358. The van der Waals surface area contributed by atoms with Gasteiger partial charge in [0.05, 0.1) is 6.61 Å². The lowest BCUT2D eigenvalue weighted by Crippen LogP contribution is -2.57. The molecule has 7 N–H and O–H groups in total. The molecule has 0 rings (SSSR count). The largest absolute Gasteiger partial charge is 0.464 e. The van der Waals surface area contributed by atoms with Crippen LogP contribution in [0.15, 0.2) is 0 Å². The van der Waals surface area contributed by atoms with Gasteiger partial charge in [-0.1, -0.05) is 149 Å². The predicted molar refractivity (Wildman–Crippen MR) is 221 cm³/mol. The summed E-state index contributed by atoms with van der Waals surface area (Å²) in [5.41, 5.74) is 0. The molecule has 1 atom stereocenters. The molecule has 1 unspecified atom stereocenters. The zero-order valence-electron chi connectivity index (χ0n) is 36.0. The highest BCUT2D eigenvalue weighted by Gasteiger charge is 2.39. The van der Waals surface area contributed by atoms with E-state index >= 15 is 0 Å². The number of carbonyl (C=O) groups excluding carboxylic acids is 2. The van der Waals surface area contributed by atoms with Crippen molar-refractivity contribution in [2.24, 2.45) is 0 Å². The van der Waals surface area contributed by atoms with Crippen LogP contribution in [0.4, 0.5) is 0 Å². The van der Waals surface area contributed by atoms with Gasteiger partial charge < -0.3 is 45.2 Å². The number of rotatable bonds is 41. The molecule has 0 aliphatic carbocycles. The Bertz CT molecular complexity index is 901. The second-order valence-electron chi connectivity index (χ2n) is 16.2. The van der Waals surface area contributed by atoms with E-state index in [1.165, 1.54) is 77.0 Å². The van der Waals surface area contributed by atoms with Gasteiger partial charge in [0.1, 0.15) is 6.10 Å². The van der Waals surface area contributed by atoms with Crippen LogP contribution < -0.4 is 0 Å². The van der Waals surface area contributed by atoms with Crippen molar-refractivity contribution in [3.63, 3.8) is 0 Å². The zero-order valence-corrected chi connectivity index (χ0v) is 36.0. The standard InChI is InChI=1S/C44H87NO11/c1-4-7-10-13-16-17-18-23-30-37-55-40(47)39(46)33-26-29-36-45(44(53,54)41(48)49)35-28-22-21-27-34-43(51,52)42(50)56-38(31-24-19-14-11-8-5-2)32-25-20-15-12-9-6-3/h38-39,41,46,48-49,51-54H,4-37H2,1-3H3. The molecule has 12 nitrogen and oxygen atoms in total. The second kappa shape index (κ2) is 35.6. The maximum Gasteiger partial charge on any atom is 0.366 e. The number of aliphatic hydroxyl groups is 7. The van der Waals surface area contributed by atoms with Crippen molar-refractivity contribution >= 4 is 11.9 Å². The average molecular weight is 806 g/mol. The fraction of sp³-hybridized carbons (Fsp3) is 0.955. The Hall–Kier alpha value is -1.38. The summed E-state index contributed by atoms with van der Waals surface area (Å²) in [6.07, 6.45) is 23.6. The maximum absolute atomic E-state index is 12.9. The third kappa shape index (κ3) is 28.9. The van der Waals surface area contributed by atoms with Gasteiger partial charge in [0.2, 0.25) is 6.29 Å². The molecular weight excluding hydrogens is 718 g/mol. The summed E-state index contributed by atoms with van der Waals surface area (Å²) in [5.74, 6) is -7.17. The van der Waals surface area contributed by atoms with E-state index in [1.807, 2.05) is 0 Å². The van der Waals surface area contributed by atoms with E-state index in [9.17, 15) is 45.3 Å². The number of ether oxygens (including phenoxy) is 2. The summed E-state index contributed by atoms with van der Waals surface area (Å²) in [4.78, 5) is 26.2. The van der Waals surface area contributed by atoms with Crippen molar-refractivity contribution in [2.45, 2.75) is 250 Å². The van der Waals surface area contributed by atoms with Gasteiger partial charge in [0, 0.05) is 19.5 Å². The first-order valence-electron chi connectivity index (χ1n) is 22.9. The van der Waals surface area contributed by atoms with Crippen LogP contribution in [0.25, 0.3) is 0 Å². The molecule has 334 valence electrons. The third-order valence-corrected chi connectivity index (χ3v) is 10.8. The lowest BCUT2D eigenvalue weighted by Gasteiger charge is -2.36. The number of esters is 2. The summed E-state index contributed by atoms with van der Waals surface area (Å²) in [7, 11) is 0. The number of nitrogens with zero attached hydrogens (tertiary/aromatic N) is 1.